The van der Waals surface area contributed by atoms with Gasteiger partial charge in [-0.3, -0.25) is 77.2 Å². The molecule has 0 unspecified atom stereocenters. The Morgan fingerprint density at radius 2 is 0.820 bits per heavy atom. The summed E-state index contributed by atoms with van der Waals surface area (Å²) in [5.74, 6) is -19.8. The molecule has 3 heterocycles. The predicted molar refractivity (Wildman–Crippen MR) is 431 cm³/mol. The first-order chi connectivity index (χ1) is 57.9. The van der Waals surface area contributed by atoms with Gasteiger partial charge in [-0.05, 0) is 141 Å². The average molecular weight is 1710 g/mol. The number of carboxylic acid groups (broad SMARTS) is 4. The zero-order valence-electron chi connectivity index (χ0n) is 67.0. The SMILES string of the molecule is CC(C)C[C@H](NC(=O)[C@H](CO)NC(=O)[C@H](CO)NC(=O)[C@H](CCC(=O)O)NC(=O)[C@H](Cc1ccc(O)cc1)NC(=O)[C@H](Cc1ccc(O)cc1)NC(=O)[C@H](CCCNC(N)N)NC(=O)[C@@H](N)Cc1c[nH]c2ccccc12)C(=O)N[C@@H](CCC(=O)O)C(=O)N1CCC[C@H]1C(=O)N[C@@H](Cc1ccc(O)cc1)C(=O)N1CCC[C@H]1C(=O)N[C@@H](CC(=O)O)C(=O)O. The molecule has 42 nitrogen and oxygen atoms in total. The Bertz CT molecular complexity index is 4510. The summed E-state index contributed by atoms with van der Waals surface area (Å²) in [6.07, 6.45) is -3.91. The minimum Gasteiger partial charge on any atom is -0.508 e. The van der Waals surface area contributed by atoms with Crippen LogP contribution in [0.15, 0.2) is 103 Å². The van der Waals surface area contributed by atoms with Gasteiger partial charge in [0, 0.05) is 62.3 Å². The number of hydrogen-bond acceptors (Lipinski definition) is 25. The summed E-state index contributed by atoms with van der Waals surface area (Å²) < 4.78 is 0. The summed E-state index contributed by atoms with van der Waals surface area (Å²) in [4.78, 5) is 226. The molecule has 2 saturated heterocycles. The number of aliphatic hydroxyl groups is 2. The third kappa shape index (κ3) is 29.5. The third-order valence-corrected chi connectivity index (χ3v) is 20.3. The van der Waals surface area contributed by atoms with Gasteiger partial charge in [0.2, 0.25) is 70.9 Å². The summed E-state index contributed by atoms with van der Waals surface area (Å²) in [6.45, 7) is 0.677. The summed E-state index contributed by atoms with van der Waals surface area (Å²) >= 11 is 0. The fourth-order valence-electron chi connectivity index (χ4n) is 14.0. The number of carbonyl (C=O) groups excluding carboxylic acids is 12. The first kappa shape index (κ1) is 96.2. The van der Waals surface area contributed by atoms with Crippen LogP contribution in [0, 0.1) is 5.92 Å². The van der Waals surface area contributed by atoms with Crippen LogP contribution in [0.4, 0.5) is 0 Å². The number of para-hydroxylation sites is 1. The standard InChI is InChI=1S/C80H107N17O25/c1-41(2)32-55(70(112)88-54(26-28-65(105)106)77(119)96-30-6-11-62(96)75(117)92-58(35-44-17-23-48(102)24-18-44)78(120)97-31-7-12-63(97)76(118)93-59(79(121)122)37-66(107)108)89-73(115)60(39-98)95-74(116)61(40-99)94-69(111)53(25-27-64(103)104)87-71(113)56(33-42-13-19-46(100)20-14-42)91-72(114)57(34-43-15-21-47(101)22-16-43)90-68(110)52(10-5-29-84-80(82)83)86-67(109)50(81)36-45-38-85-51-9-4-3-8-49(45)51/h3-4,8-9,13-24,38,41,50,52-63,80,84-85,98-102H,5-7,10-12,25-37,39-40,81-83H2,1-2H3,(H,86,109)(H,87,113)(H,88,112)(H,89,115)(H,90,110)(H,91,114)(H,92,117)(H,93,118)(H,94,111)(H,95,116)(H,103,104)(H,105,106)(H,107,108)(H,121,122)/t50-,52-,53-,54-,55-,56-,57-,58-,59-,60-,61-,62-,63-/m0/s1. The summed E-state index contributed by atoms with van der Waals surface area (Å²) in [6, 6.07) is 2.09. The minimum atomic E-state index is -2.08. The Labute approximate surface area is 699 Å². The molecule has 0 spiro atoms. The molecule has 0 aliphatic carbocycles. The number of carboxylic acids is 4. The fourth-order valence-corrected chi connectivity index (χ4v) is 14.0. The molecule has 0 radical (unpaired) electrons. The zero-order valence-corrected chi connectivity index (χ0v) is 67.0. The smallest absolute Gasteiger partial charge is 0.326 e. The molecule has 2 aliphatic heterocycles. The van der Waals surface area contributed by atoms with E-state index in [1.165, 1.54) is 72.8 Å². The van der Waals surface area contributed by atoms with E-state index in [9.17, 15) is 123 Å². The van der Waals surface area contributed by atoms with E-state index < -0.39 is 237 Å². The lowest BCUT2D eigenvalue weighted by molar-refractivity contribution is -0.148. The van der Waals surface area contributed by atoms with Crippen molar-refractivity contribution in [1.29, 1.82) is 0 Å². The molecule has 1 aromatic heterocycles. The van der Waals surface area contributed by atoms with Gasteiger partial charge in [-0.1, -0.05) is 68.4 Å². The molecular weight excluding hydrogens is 1600 g/mol. The lowest BCUT2D eigenvalue weighted by Gasteiger charge is -2.32. The zero-order chi connectivity index (χ0) is 89.6. The molecule has 42 heteroatoms. The number of aliphatic hydroxyl groups excluding tert-OH is 2. The van der Waals surface area contributed by atoms with Crippen molar-refractivity contribution in [2.45, 2.75) is 201 Å². The molecular formula is C80H107N17O25. The predicted octanol–water partition coefficient (Wildman–Crippen LogP) is -4.40. The van der Waals surface area contributed by atoms with Crippen LogP contribution in [-0.2, 0) is 102 Å². The fraction of sp³-hybridized carbons (Fsp3) is 0.475. The second-order valence-corrected chi connectivity index (χ2v) is 30.2. The minimum absolute atomic E-state index is 0.0158. The number of aromatic nitrogens is 1. The lowest BCUT2D eigenvalue weighted by atomic mass is 10.0. The van der Waals surface area contributed by atoms with Gasteiger partial charge in [0.1, 0.15) is 96.0 Å². The van der Waals surface area contributed by atoms with E-state index in [2.05, 4.69) is 63.5 Å². The normalized spacial score (nSPS) is 16.5. The molecule has 0 saturated carbocycles. The maximum atomic E-state index is 14.9. The van der Waals surface area contributed by atoms with Gasteiger partial charge in [-0.15, -0.1) is 0 Å². The molecule has 4 aromatic carbocycles. The van der Waals surface area contributed by atoms with Crippen LogP contribution < -0.4 is 75.7 Å². The number of aliphatic carboxylic acids is 4. The Balaban J connectivity index is 1.06. The van der Waals surface area contributed by atoms with E-state index in [1.54, 1.807) is 20.0 Å². The largest absolute Gasteiger partial charge is 0.508 e. The molecule has 13 atom stereocenters. The molecule has 2 fully saturated rings. The van der Waals surface area contributed by atoms with Gasteiger partial charge < -0.3 is 131 Å². The average Bonchev–Trinajstić information content (AvgIpc) is 1.61. The molecule has 5 aromatic rings. The Morgan fingerprint density at radius 1 is 0.434 bits per heavy atom. The van der Waals surface area contributed by atoms with E-state index >= 15 is 0 Å². The highest BCUT2D eigenvalue weighted by Crippen LogP contribution is 2.26. The second-order valence-electron chi connectivity index (χ2n) is 30.2. The third-order valence-electron chi connectivity index (χ3n) is 20.3. The molecule has 0 bridgehead atoms. The number of amides is 12. The van der Waals surface area contributed by atoms with E-state index in [0.29, 0.717) is 16.7 Å². The van der Waals surface area contributed by atoms with Crippen molar-refractivity contribution in [2.75, 3.05) is 32.8 Å². The van der Waals surface area contributed by atoms with Crippen LogP contribution in [0.25, 0.3) is 10.9 Å². The topological polar surface area (TPSA) is 688 Å². The first-order valence-electron chi connectivity index (χ1n) is 39.6. The number of nitrogens with zero attached hydrogens (tertiary/aromatic N) is 2. The van der Waals surface area contributed by atoms with Gasteiger partial charge in [0.15, 0.2) is 0 Å². The molecule has 27 N–H and O–H groups in total. The number of carbonyl (C=O) groups is 16. The second kappa shape index (κ2) is 46.6. The van der Waals surface area contributed by atoms with E-state index in [4.69, 9.17) is 17.2 Å². The number of phenolic OH excluding ortho intramolecular Hbond substituents is 3. The van der Waals surface area contributed by atoms with Crippen molar-refractivity contribution in [3.8, 4) is 17.2 Å². The van der Waals surface area contributed by atoms with Gasteiger partial charge in [-0.25, -0.2) is 4.79 Å². The number of nitrogens with one attached hydrogen (secondary N) is 12. The first-order valence-corrected chi connectivity index (χ1v) is 39.6. The van der Waals surface area contributed by atoms with Crippen molar-refractivity contribution in [1.82, 2.24) is 73.3 Å². The van der Waals surface area contributed by atoms with Crippen LogP contribution in [0.1, 0.15) is 113 Å². The quantitative estimate of drug-likeness (QED) is 0.0129. The number of nitrogens with two attached hydrogens (primary N) is 3. The number of hydrogen-bond donors (Lipinski definition) is 24. The highest BCUT2D eigenvalue weighted by atomic mass is 16.4. The number of H-pyrrole nitrogens is 1. The van der Waals surface area contributed by atoms with Gasteiger partial charge in [0.25, 0.3) is 0 Å². The number of likely N-dealkylation sites (tertiary alicyclic amines) is 2. The highest BCUT2D eigenvalue weighted by Gasteiger charge is 2.44. The molecule has 122 heavy (non-hydrogen) atoms. The molecule has 662 valence electrons. The number of benzene rings is 4. The van der Waals surface area contributed by atoms with Crippen LogP contribution in [0.3, 0.4) is 0 Å². The summed E-state index contributed by atoms with van der Waals surface area (Å²) in [5.41, 5.74) is 20.4. The van der Waals surface area contributed by atoms with E-state index in [-0.39, 0.29) is 107 Å². The van der Waals surface area contributed by atoms with Crippen LogP contribution in [-0.4, -0.2) is 273 Å². The van der Waals surface area contributed by atoms with Crippen molar-refractivity contribution < 1.29 is 123 Å². The summed E-state index contributed by atoms with van der Waals surface area (Å²) in [5, 5.41) is 118. The number of rotatable bonds is 48. The van der Waals surface area contributed by atoms with E-state index in [1.807, 2.05) is 24.3 Å². The van der Waals surface area contributed by atoms with Gasteiger partial charge >= 0.3 is 23.9 Å². The molecule has 7 rings (SSSR count). The van der Waals surface area contributed by atoms with Gasteiger partial charge in [0.05, 0.1) is 25.7 Å². The number of aromatic amines is 1. The molecule has 12 amide bonds. The Morgan fingerprint density at radius 3 is 1.27 bits per heavy atom. The number of phenols is 3. The highest BCUT2D eigenvalue weighted by molar-refractivity contribution is 6.01. The Kier molecular flexibility index (Phi) is 36.8. The number of fused-ring (bicyclic) bond motifs is 1. The maximum absolute atomic E-state index is 14.9. The van der Waals surface area contributed by atoms with Crippen LogP contribution >= 0.6 is 0 Å². The van der Waals surface area contributed by atoms with Crippen molar-refractivity contribution in [3.63, 3.8) is 0 Å². The maximum Gasteiger partial charge on any atom is 0.326 e. The Hall–Kier alpha value is -12.9. The van der Waals surface area contributed by atoms with E-state index in [0.717, 1.165) is 20.7 Å². The van der Waals surface area contributed by atoms with Crippen molar-refractivity contribution in [2.24, 2.45) is 23.1 Å². The van der Waals surface area contributed by atoms with Gasteiger partial charge in [-0.2, -0.15) is 0 Å². The molecule has 2 aliphatic rings. The van der Waals surface area contributed by atoms with Crippen LogP contribution in [0.2, 0.25) is 0 Å². The lowest BCUT2D eigenvalue weighted by Crippen LogP contribution is -2.62. The van der Waals surface area contributed by atoms with Crippen molar-refractivity contribution in [3.05, 3.63) is 126 Å². The number of aromatic hydroxyl groups is 3. The van der Waals surface area contributed by atoms with Crippen LogP contribution in [0.5, 0.6) is 17.2 Å². The summed E-state index contributed by atoms with van der Waals surface area (Å²) in [7, 11) is 0. The monoisotopic (exact) mass is 1710 g/mol. The van der Waals surface area contributed by atoms with Crippen molar-refractivity contribution >= 4 is 106 Å².